The van der Waals surface area contributed by atoms with Crippen LogP contribution in [0.1, 0.15) is 44.6 Å². The average molecular weight is 388 g/mol. The minimum absolute atomic E-state index is 0.0474. The number of benzene rings is 1. The molecule has 3 rings (SSSR count). The van der Waals surface area contributed by atoms with Gasteiger partial charge in [-0.2, -0.15) is 15.8 Å². The van der Waals surface area contributed by atoms with E-state index in [1.54, 1.807) is 0 Å². The molecule has 6 heteroatoms. The Morgan fingerprint density at radius 2 is 1.79 bits per heavy atom. The van der Waals surface area contributed by atoms with Crippen LogP contribution < -0.4 is 15.2 Å². The zero-order chi connectivity index (χ0) is 21.0. The Balaban J connectivity index is 2.25. The van der Waals surface area contributed by atoms with E-state index < -0.39 is 11.3 Å². The summed E-state index contributed by atoms with van der Waals surface area (Å²) >= 11 is 0. The monoisotopic (exact) mass is 388 g/mol. The molecule has 0 amide bonds. The van der Waals surface area contributed by atoms with Gasteiger partial charge < -0.3 is 15.2 Å². The first-order valence-corrected chi connectivity index (χ1v) is 9.90. The zero-order valence-electron chi connectivity index (χ0n) is 16.7. The van der Waals surface area contributed by atoms with Crippen LogP contribution in [-0.2, 0) is 0 Å². The fourth-order valence-corrected chi connectivity index (χ4v) is 4.51. The molecule has 2 aliphatic rings. The molecule has 29 heavy (non-hydrogen) atoms. The number of ether oxygens (including phenoxy) is 2. The fourth-order valence-electron chi connectivity index (χ4n) is 4.51. The van der Waals surface area contributed by atoms with Crippen molar-refractivity contribution in [1.82, 2.24) is 0 Å². The van der Waals surface area contributed by atoms with Crippen molar-refractivity contribution in [3.8, 4) is 29.7 Å². The van der Waals surface area contributed by atoms with E-state index in [0.717, 1.165) is 30.4 Å². The van der Waals surface area contributed by atoms with Crippen LogP contribution in [0.25, 0.3) is 0 Å². The number of allylic oxidation sites excluding steroid dienone is 4. The highest BCUT2D eigenvalue weighted by atomic mass is 16.5. The molecule has 2 atom stereocenters. The SMILES string of the molecule is CCOc1ccc(C2C3CCCC=C3C(C#N)=C(N)C2(C#N)C#N)cc1OCC. The van der Waals surface area contributed by atoms with Crippen molar-refractivity contribution in [3.05, 3.63) is 46.7 Å². The van der Waals surface area contributed by atoms with Crippen molar-refractivity contribution in [1.29, 1.82) is 15.8 Å². The molecule has 2 unspecified atom stereocenters. The number of fused-ring (bicyclic) bond motifs is 1. The van der Waals surface area contributed by atoms with Crippen molar-refractivity contribution < 1.29 is 9.47 Å². The Kier molecular flexibility index (Phi) is 5.81. The molecule has 0 saturated carbocycles. The van der Waals surface area contributed by atoms with Crippen molar-refractivity contribution in [2.45, 2.75) is 39.0 Å². The first-order valence-electron chi connectivity index (χ1n) is 9.90. The summed E-state index contributed by atoms with van der Waals surface area (Å²) in [5, 5.41) is 29.9. The van der Waals surface area contributed by atoms with Crippen LogP contribution in [0.2, 0.25) is 0 Å². The van der Waals surface area contributed by atoms with E-state index in [1.807, 2.05) is 38.1 Å². The molecule has 0 spiro atoms. The number of nitrogens with two attached hydrogens (primary N) is 1. The first-order chi connectivity index (χ1) is 14.1. The minimum Gasteiger partial charge on any atom is -0.490 e. The van der Waals surface area contributed by atoms with Gasteiger partial charge in [0.15, 0.2) is 16.9 Å². The molecule has 0 aliphatic heterocycles. The summed E-state index contributed by atoms with van der Waals surface area (Å²) in [4.78, 5) is 0. The Labute approximate surface area is 171 Å². The third-order valence-corrected chi connectivity index (χ3v) is 5.73. The van der Waals surface area contributed by atoms with Crippen molar-refractivity contribution in [3.63, 3.8) is 0 Å². The Hall–Kier alpha value is -3.43. The normalized spacial score (nSPS) is 22.4. The van der Waals surface area contributed by atoms with E-state index >= 15 is 0 Å². The van der Waals surface area contributed by atoms with Gasteiger partial charge in [-0.1, -0.05) is 12.1 Å². The maximum absolute atomic E-state index is 10.1. The number of rotatable bonds is 5. The highest BCUT2D eigenvalue weighted by Gasteiger charge is 2.53. The highest BCUT2D eigenvalue weighted by Crippen LogP contribution is 2.56. The summed E-state index contributed by atoms with van der Waals surface area (Å²) in [5.74, 6) is 0.578. The molecular weight excluding hydrogens is 364 g/mol. The quantitative estimate of drug-likeness (QED) is 0.812. The summed E-state index contributed by atoms with van der Waals surface area (Å²) < 4.78 is 11.4. The highest BCUT2D eigenvalue weighted by molar-refractivity contribution is 5.60. The molecule has 0 heterocycles. The summed E-state index contributed by atoms with van der Waals surface area (Å²) in [7, 11) is 0. The second-order valence-electron chi connectivity index (χ2n) is 7.18. The minimum atomic E-state index is -1.61. The summed E-state index contributed by atoms with van der Waals surface area (Å²) in [6.45, 7) is 4.75. The summed E-state index contributed by atoms with van der Waals surface area (Å²) in [6, 6.07) is 12.0. The third-order valence-electron chi connectivity index (χ3n) is 5.73. The molecule has 1 aromatic carbocycles. The fraction of sp³-hybridized carbons (Fsp3) is 0.435. The lowest BCUT2D eigenvalue weighted by atomic mass is 9.57. The van der Waals surface area contributed by atoms with E-state index in [9.17, 15) is 15.8 Å². The molecule has 2 N–H and O–H groups in total. The maximum Gasteiger partial charge on any atom is 0.191 e. The molecule has 0 aromatic heterocycles. The topological polar surface area (TPSA) is 116 Å². The smallest absolute Gasteiger partial charge is 0.191 e. The average Bonchev–Trinajstić information content (AvgIpc) is 2.75. The van der Waals surface area contributed by atoms with Crippen LogP contribution >= 0.6 is 0 Å². The van der Waals surface area contributed by atoms with Gasteiger partial charge in [-0.05, 0) is 62.3 Å². The van der Waals surface area contributed by atoms with Gasteiger partial charge >= 0.3 is 0 Å². The van der Waals surface area contributed by atoms with Gasteiger partial charge in [-0.25, -0.2) is 0 Å². The Bertz CT molecular complexity index is 974. The van der Waals surface area contributed by atoms with Gasteiger partial charge in [0.2, 0.25) is 0 Å². The van der Waals surface area contributed by atoms with E-state index in [1.165, 1.54) is 0 Å². The van der Waals surface area contributed by atoms with Gasteiger partial charge in [-0.15, -0.1) is 0 Å². The molecule has 6 nitrogen and oxygen atoms in total. The first kappa shape index (κ1) is 20.3. The van der Waals surface area contributed by atoms with Crippen LogP contribution in [0.15, 0.2) is 41.1 Å². The lowest BCUT2D eigenvalue weighted by Crippen LogP contribution is -2.42. The van der Waals surface area contributed by atoms with Crippen LogP contribution in [0.4, 0.5) is 0 Å². The van der Waals surface area contributed by atoms with E-state index in [2.05, 4.69) is 18.2 Å². The van der Waals surface area contributed by atoms with Crippen molar-refractivity contribution >= 4 is 0 Å². The Morgan fingerprint density at radius 3 is 2.41 bits per heavy atom. The van der Waals surface area contributed by atoms with Gasteiger partial charge in [0.05, 0.1) is 36.6 Å². The standard InChI is InChI=1S/C23H24N4O2/c1-3-28-19-10-9-15(11-20(19)29-4-2)21-17-8-6-5-7-16(17)18(12-24)22(27)23(21,13-25)14-26/h7,9-11,17,21H,3-6,8,27H2,1-2H3. The maximum atomic E-state index is 10.1. The molecule has 1 aromatic rings. The van der Waals surface area contributed by atoms with Gasteiger partial charge in [0, 0.05) is 5.92 Å². The second-order valence-corrected chi connectivity index (χ2v) is 7.18. The molecular formula is C23H24N4O2. The number of hydrogen-bond acceptors (Lipinski definition) is 6. The van der Waals surface area contributed by atoms with Gasteiger partial charge in [-0.3, -0.25) is 0 Å². The number of hydrogen-bond donors (Lipinski definition) is 1. The van der Waals surface area contributed by atoms with Crippen molar-refractivity contribution in [2.24, 2.45) is 17.1 Å². The molecule has 2 aliphatic carbocycles. The van der Waals surface area contributed by atoms with Crippen LogP contribution in [0.5, 0.6) is 11.5 Å². The summed E-state index contributed by atoms with van der Waals surface area (Å²) in [5.41, 5.74) is 6.68. The molecule has 148 valence electrons. The zero-order valence-corrected chi connectivity index (χ0v) is 16.7. The molecule has 0 radical (unpaired) electrons. The van der Waals surface area contributed by atoms with E-state index in [0.29, 0.717) is 24.7 Å². The Morgan fingerprint density at radius 1 is 1.10 bits per heavy atom. The van der Waals surface area contributed by atoms with Gasteiger partial charge in [0.25, 0.3) is 0 Å². The predicted octanol–water partition coefficient (Wildman–Crippen LogP) is 4.08. The number of nitriles is 3. The van der Waals surface area contributed by atoms with Crippen LogP contribution in [0, 0.1) is 45.3 Å². The predicted molar refractivity (Wildman–Crippen MR) is 107 cm³/mol. The van der Waals surface area contributed by atoms with Gasteiger partial charge in [0.1, 0.15) is 6.07 Å². The van der Waals surface area contributed by atoms with Crippen LogP contribution in [-0.4, -0.2) is 13.2 Å². The van der Waals surface area contributed by atoms with E-state index in [4.69, 9.17) is 15.2 Å². The van der Waals surface area contributed by atoms with Crippen LogP contribution in [0.3, 0.4) is 0 Å². The molecule has 0 saturated heterocycles. The lowest BCUT2D eigenvalue weighted by Gasteiger charge is -2.43. The molecule has 0 bridgehead atoms. The third kappa shape index (κ3) is 3.20. The van der Waals surface area contributed by atoms with E-state index in [-0.39, 0.29) is 17.2 Å². The van der Waals surface area contributed by atoms with Crippen molar-refractivity contribution in [2.75, 3.05) is 13.2 Å². The molecule has 0 fully saturated rings. The second kappa shape index (κ2) is 8.29. The lowest BCUT2D eigenvalue weighted by molar-refractivity contribution is 0.284. The summed E-state index contributed by atoms with van der Waals surface area (Å²) in [6.07, 6.45) is 4.61. The largest absolute Gasteiger partial charge is 0.490 e. The number of nitrogens with zero attached hydrogens (tertiary/aromatic N) is 3.